The van der Waals surface area contributed by atoms with Gasteiger partial charge in [-0.3, -0.25) is 4.57 Å². The van der Waals surface area contributed by atoms with E-state index in [9.17, 15) is 0 Å². The van der Waals surface area contributed by atoms with Gasteiger partial charge in [0.05, 0.1) is 33.3 Å². The molecule has 8 aromatic carbocycles. The largest absolute Gasteiger partial charge is 0.456 e. The number of hydrogen-bond acceptors (Lipinski definition) is 3. The van der Waals surface area contributed by atoms with Crippen molar-refractivity contribution < 1.29 is 4.42 Å². The molecule has 0 unspecified atom stereocenters. The van der Waals surface area contributed by atoms with Gasteiger partial charge in [-0.25, -0.2) is 9.97 Å². The van der Waals surface area contributed by atoms with Gasteiger partial charge >= 0.3 is 0 Å². The third kappa shape index (κ3) is 3.96. The number of fused-ring (bicyclic) bond motifs is 12. The fraction of sp³-hybridized carbons (Fsp3) is 0. The van der Waals surface area contributed by atoms with E-state index in [4.69, 9.17) is 14.4 Å². The zero-order chi connectivity index (χ0) is 34.6. The number of para-hydroxylation sites is 5. The first-order chi connectivity index (χ1) is 26.3. The fourth-order valence-corrected chi connectivity index (χ4v) is 8.66. The molecule has 0 saturated heterocycles. The molecule has 0 bridgehead atoms. The molecule has 4 aromatic heterocycles. The van der Waals surface area contributed by atoms with Crippen molar-refractivity contribution in [1.82, 2.24) is 19.1 Å². The van der Waals surface area contributed by atoms with E-state index in [1.807, 2.05) is 12.1 Å². The quantitative estimate of drug-likeness (QED) is 0.187. The average Bonchev–Trinajstić information content (AvgIpc) is 3.87. The molecule has 4 heterocycles. The molecule has 0 atom stereocenters. The van der Waals surface area contributed by atoms with Crippen LogP contribution in [0.1, 0.15) is 0 Å². The van der Waals surface area contributed by atoms with Gasteiger partial charge in [0, 0.05) is 49.0 Å². The lowest BCUT2D eigenvalue weighted by molar-refractivity contribution is 0.669. The Hall–Kier alpha value is -7.24. The van der Waals surface area contributed by atoms with Crippen LogP contribution in [-0.4, -0.2) is 19.1 Å². The third-order valence-corrected chi connectivity index (χ3v) is 10.9. The van der Waals surface area contributed by atoms with Crippen LogP contribution >= 0.6 is 0 Å². The molecule has 0 aliphatic rings. The van der Waals surface area contributed by atoms with Crippen LogP contribution in [0.5, 0.6) is 0 Å². The van der Waals surface area contributed by atoms with Crippen LogP contribution in [0.2, 0.25) is 0 Å². The Kier molecular flexibility index (Phi) is 5.71. The summed E-state index contributed by atoms with van der Waals surface area (Å²) in [6, 6.07) is 60.0. The van der Waals surface area contributed by atoms with Crippen molar-refractivity contribution in [2.45, 2.75) is 0 Å². The highest BCUT2D eigenvalue weighted by atomic mass is 16.3. The first-order valence-electron chi connectivity index (χ1n) is 17.9. The molecule has 0 fully saturated rings. The summed E-state index contributed by atoms with van der Waals surface area (Å²) in [4.78, 5) is 10.8. The van der Waals surface area contributed by atoms with Crippen molar-refractivity contribution in [3.05, 3.63) is 170 Å². The van der Waals surface area contributed by atoms with E-state index in [0.717, 1.165) is 82.4 Å². The lowest BCUT2D eigenvalue weighted by atomic mass is 9.96. The SMILES string of the molecule is c1ccc(-n2c3ccccc3c3cc4c(cc32)c2ccccc2n4-c2nc(-c3cc4oc5ccccc5c4c4ccccc34)c3ccccc3n2)cc1. The van der Waals surface area contributed by atoms with Gasteiger partial charge < -0.3 is 8.98 Å². The monoisotopic (exact) mass is 676 g/mol. The van der Waals surface area contributed by atoms with Gasteiger partial charge in [-0.1, -0.05) is 115 Å². The average molecular weight is 677 g/mol. The second-order valence-corrected chi connectivity index (χ2v) is 13.8. The minimum Gasteiger partial charge on any atom is -0.456 e. The van der Waals surface area contributed by atoms with Gasteiger partial charge in [-0.15, -0.1) is 0 Å². The maximum Gasteiger partial charge on any atom is 0.235 e. The molecular formula is C48H28N4O. The van der Waals surface area contributed by atoms with E-state index < -0.39 is 0 Å². The van der Waals surface area contributed by atoms with Crippen LogP contribution in [0.3, 0.4) is 0 Å². The lowest BCUT2D eigenvalue weighted by Gasteiger charge is -2.14. The smallest absolute Gasteiger partial charge is 0.235 e. The highest BCUT2D eigenvalue weighted by Gasteiger charge is 2.22. The van der Waals surface area contributed by atoms with Crippen LogP contribution in [0, 0.1) is 0 Å². The van der Waals surface area contributed by atoms with E-state index in [-0.39, 0.29) is 0 Å². The Morgan fingerprint density at radius 3 is 1.70 bits per heavy atom. The molecule has 0 spiro atoms. The van der Waals surface area contributed by atoms with Crippen molar-refractivity contribution in [3.63, 3.8) is 0 Å². The third-order valence-electron chi connectivity index (χ3n) is 10.9. The van der Waals surface area contributed by atoms with Crippen molar-refractivity contribution in [3.8, 4) is 22.9 Å². The summed E-state index contributed by atoms with van der Waals surface area (Å²) >= 11 is 0. The first-order valence-corrected chi connectivity index (χ1v) is 17.9. The van der Waals surface area contributed by atoms with Crippen LogP contribution in [0.15, 0.2) is 174 Å². The van der Waals surface area contributed by atoms with Crippen LogP contribution in [0.25, 0.3) is 110 Å². The second kappa shape index (κ2) is 10.6. The molecule has 0 amide bonds. The summed E-state index contributed by atoms with van der Waals surface area (Å²) in [6.07, 6.45) is 0. The first kappa shape index (κ1) is 28.5. The van der Waals surface area contributed by atoms with E-state index in [2.05, 4.69) is 167 Å². The van der Waals surface area contributed by atoms with Crippen molar-refractivity contribution in [2.24, 2.45) is 0 Å². The number of rotatable bonds is 3. The molecule has 0 saturated carbocycles. The fourth-order valence-electron chi connectivity index (χ4n) is 8.66. The molecule has 0 aliphatic carbocycles. The van der Waals surface area contributed by atoms with Crippen molar-refractivity contribution in [1.29, 1.82) is 0 Å². The molecular weight excluding hydrogens is 649 g/mol. The summed E-state index contributed by atoms with van der Waals surface area (Å²) in [5.41, 5.74) is 10.1. The summed E-state index contributed by atoms with van der Waals surface area (Å²) < 4.78 is 11.1. The van der Waals surface area contributed by atoms with Gasteiger partial charge in [-0.05, 0) is 65.4 Å². The minimum absolute atomic E-state index is 0.629. The molecule has 246 valence electrons. The topological polar surface area (TPSA) is 48.8 Å². The molecule has 0 radical (unpaired) electrons. The predicted molar refractivity (Wildman–Crippen MR) is 218 cm³/mol. The highest BCUT2D eigenvalue weighted by Crippen LogP contribution is 2.43. The molecule has 12 aromatic rings. The number of furan rings is 1. The van der Waals surface area contributed by atoms with Crippen LogP contribution < -0.4 is 0 Å². The van der Waals surface area contributed by atoms with Gasteiger partial charge in [0.2, 0.25) is 5.95 Å². The van der Waals surface area contributed by atoms with E-state index >= 15 is 0 Å². The van der Waals surface area contributed by atoms with Gasteiger partial charge in [0.1, 0.15) is 11.2 Å². The molecule has 5 nitrogen and oxygen atoms in total. The van der Waals surface area contributed by atoms with E-state index in [1.165, 1.54) is 21.8 Å². The molecule has 0 aliphatic heterocycles. The Morgan fingerprint density at radius 1 is 0.377 bits per heavy atom. The van der Waals surface area contributed by atoms with E-state index in [0.29, 0.717) is 5.95 Å². The maximum absolute atomic E-state index is 6.51. The van der Waals surface area contributed by atoms with Gasteiger partial charge in [0.25, 0.3) is 0 Å². The predicted octanol–water partition coefficient (Wildman–Crippen LogP) is 12.5. The van der Waals surface area contributed by atoms with Crippen molar-refractivity contribution >= 4 is 87.2 Å². The number of hydrogen-bond donors (Lipinski definition) is 0. The zero-order valence-electron chi connectivity index (χ0n) is 28.4. The van der Waals surface area contributed by atoms with Crippen molar-refractivity contribution in [2.75, 3.05) is 0 Å². The Labute approximate surface area is 302 Å². The normalized spacial score (nSPS) is 12.2. The van der Waals surface area contributed by atoms with E-state index in [1.54, 1.807) is 0 Å². The zero-order valence-corrected chi connectivity index (χ0v) is 28.4. The summed E-state index contributed by atoms with van der Waals surface area (Å²) in [6.45, 7) is 0. The number of benzene rings is 8. The summed E-state index contributed by atoms with van der Waals surface area (Å²) in [7, 11) is 0. The minimum atomic E-state index is 0.629. The summed E-state index contributed by atoms with van der Waals surface area (Å²) in [5.74, 6) is 0.629. The van der Waals surface area contributed by atoms with Gasteiger partial charge in [0.15, 0.2) is 0 Å². The maximum atomic E-state index is 6.51. The summed E-state index contributed by atoms with van der Waals surface area (Å²) in [5, 5.41) is 10.2. The Morgan fingerprint density at radius 2 is 0.943 bits per heavy atom. The highest BCUT2D eigenvalue weighted by molar-refractivity contribution is 6.23. The molecule has 12 rings (SSSR count). The van der Waals surface area contributed by atoms with Crippen LogP contribution in [-0.2, 0) is 0 Å². The standard InChI is InChI=1S/C48H28N4O/c1-2-14-29(15-3-1)51-40-23-11-7-17-31(40)36-27-43-37(26-42(36)51)32-18-8-12-24-41(32)52(43)48-49-39-22-10-6-20-34(39)47(50-48)38-28-45-46(33-19-5-4-16-30(33)38)35-21-9-13-25-44(35)53-45/h1-28H. The number of aromatic nitrogens is 4. The molecule has 53 heavy (non-hydrogen) atoms. The Balaban J connectivity index is 1.20. The second-order valence-electron chi connectivity index (χ2n) is 13.8. The molecule has 5 heteroatoms. The van der Waals surface area contributed by atoms with Gasteiger partial charge in [-0.2, -0.15) is 0 Å². The van der Waals surface area contributed by atoms with Crippen LogP contribution in [0.4, 0.5) is 0 Å². The Bertz CT molecular complexity index is 3460. The molecule has 0 N–H and O–H groups in total. The lowest BCUT2D eigenvalue weighted by Crippen LogP contribution is -2.03. The number of nitrogens with zero attached hydrogens (tertiary/aromatic N) is 4.